The molecule has 0 amide bonds. The van der Waals surface area contributed by atoms with Crippen molar-refractivity contribution in [2.24, 2.45) is 0 Å². The lowest BCUT2D eigenvalue weighted by Gasteiger charge is -2.33. The summed E-state index contributed by atoms with van der Waals surface area (Å²) in [6, 6.07) is 16.3. The van der Waals surface area contributed by atoms with Crippen molar-refractivity contribution in [2.75, 3.05) is 39.3 Å². The number of hydrogen-bond donors (Lipinski definition) is 0. The van der Waals surface area contributed by atoms with Gasteiger partial charge in [-0.05, 0) is 43.3 Å². The lowest BCUT2D eigenvalue weighted by Crippen LogP contribution is -2.49. The van der Waals surface area contributed by atoms with Crippen LogP contribution in [-0.4, -0.2) is 67.2 Å². The molecule has 1 aliphatic rings. The fourth-order valence-corrected chi connectivity index (χ4v) is 4.95. The molecule has 2 heterocycles. The van der Waals surface area contributed by atoms with Crippen LogP contribution in [0.4, 0.5) is 0 Å². The van der Waals surface area contributed by atoms with Gasteiger partial charge in [-0.25, -0.2) is 8.42 Å². The van der Waals surface area contributed by atoms with Crippen LogP contribution in [0.15, 0.2) is 63.9 Å². The van der Waals surface area contributed by atoms with Gasteiger partial charge in [-0.3, -0.25) is 0 Å². The van der Waals surface area contributed by atoms with Gasteiger partial charge in [-0.2, -0.15) is 4.31 Å². The van der Waals surface area contributed by atoms with Crippen LogP contribution >= 0.6 is 0 Å². The van der Waals surface area contributed by atoms with E-state index < -0.39 is 10.0 Å². The van der Waals surface area contributed by atoms with Crippen LogP contribution in [-0.2, 0) is 16.4 Å². The van der Waals surface area contributed by atoms with Gasteiger partial charge < -0.3 is 14.1 Å². The summed E-state index contributed by atoms with van der Waals surface area (Å²) in [7, 11) is -3.50. The third-order valence-corrected chi connectivity index (χ3v) is 7.15. The van der Waals surface area contributed by atoms with Crippen molar-refractivity contribution in [1.82, 2.24) is 19.4 Å². The van der Waals surface area contributed by atoms with E-state index in [1.807, 2.05) is 37.3 Å². The Morgan fingerprint density at radius 3 is 2.35 bits per heavy atom. The molecule has 9 heteroatoms. The van der Waals surface area contributed by atoms with Crippen molar-refractivity contribution >= 4 is 10.0 Å². The second-order valence-electron chi connectivity index (χ2n) is 7.27. The molecule has 0 aliphatic carbocycles. The highest BCUT2D eigenvalue weighted by Gasteiger charge is 2.28. The van der Waals surface area contributed by atoms with Crippen molar-refractivity contribution in [1.29, 1.82) is 0 Å². The molecule has 1 aliphatic heterocycles. The van der Waals surface area contributed by atoms with Gasteiger partial charge in [0.2, 0.25) is 21.8 Å². The zero-order chi connectivity index (χ0) is 21.7. The highest BCUT2D eigenvalue weighted by Crippen LogP contribution is 2.21. The van der Waals surface area contributed by atoms with Gasteiger partial charge in [0.1, 0.15) is 5.75 Å². The second kappa shape index (κ2) is 9.59. The first-order valence-electron chi connectivity index (χ1n) is 10.4. The molecule has 8 nitrogen and oxygen atoms in total. The van der Waals surface area contributed by atoms with E-state index >= 15 is 0 Å². The van der Waals surface area contributed by atoms with E-state index in [9.17, 15) is 8.42 Å². The zero-order valence-corrected chi connectivity index (χ0v) is 18.3. The standard InChI is InChI=1S/C22H26N4O4S/c1-2-29-19-8-10-20(11-9-19)31(27,28)26-16-14-25(15-17-26)13-12-21-23-24-22(30-21)18-6-4-3-5-7-18/h3-11H,2,12-17H2,1H3. The number of aromatic nitrogens is 2. The van der Waals surface area contributed by atoms with E-state index in [2.05, 4.69) is 15.1 Å². The van der Waals surface area contributed by atoms with Gasteiger partial charge in [0.05, 0.1) is 11.5 Å². The molecule has 1 fully saturated rings. The van der Waals surface area contributed by atoms with Gasteiger partial charge in [0.15, 0.2) is 0 Å². The molecule has 3 aromatic rings. The Balaban J connectivity index is 1.29. The quantitative estimate of drug-likeness (QED) is 0.530. The Bertz CT molecular complexity index is 1080. The van der Waals surface area contributed by atoms with Crippen molar-refractivity contribution < 1.29 is 17.6 Å². The third-order valence-electron chi connectivity index (χ3n) is 5.23. The molecule has 0 saturated carbocycles. The van der Waals surface area contributed by atoms with Crippen LogP contribution in [0.2, 0.25) is 0 Å². The lowest BCUT2D eigenvalue weighted by molar-refractivity contribution is 0.187. The number of hydrogen-bond acceptors (Lipinski definition) is 7. The van der Waals surface area contributed by atoms with Crippen LogP contribution in [0.5, 0.6) is 5.75 Å². The molecule has 4 rings (SSSR count). The maximum Gasteiger partial charge on any atom is 0.247 e. The average Bonchev–Trinajstić information content (AvgIpc) is 3.28. The fourth-order valence-electron chi connectivity index (χ4n) is 3.52. The molecular formula is C22H26N4O4S. The maximum absolute atomic E-state index is 12.9. The van der Waals surface area contributed by atoms with Gasteiger partial charge in [0.25, 0.3) is 0 Å². The fraction of sp³-hybridized carbons (Fsp3) is 0.364. The monoisotopic (exact) mass is 442 g/mol. The van der Waals surface area contributed by atoms with Crippen LogP contribution < -0.4 is 4.74 Å². The number of ether oxygens (including phenoxy) is 1. The molecule has 1 saturated heterocycles. The second-order valence-corrected chi connectivity index (χ2v) is 9.21. The minimum Gasteiger partial charge on any atom is -0.494 e. The molecule has 2 aromatic carbocycles. The average molecular weight is 443 g/mol. The molecule has 0 spiro atoms. The van der Waals surface area contributed by atoms with E-state index in [1.165, 1.54) is 0 Å². The molecule has 0 atom stereocenters. The maximum atomic E-state index is 12.9. The minimum atomic E-state index is -3.50. The van der Waals surface area contributed by atoms with Gasteiger partial charge in [-0.1, -0.05) is 18.2 Å². The highest BCUT2D eigenvalue weighted by molar-refractivity contribution is 7.89. The van der Waals surface area contributed by atoms with Crippen LogP contribution in [0.1, 0.15) is 12.8 Å². The predicted molar refractivity (Wildman–Crippen MR) is 116 cm³/mol. The topological polar surface area (TPSA) is 88.8 Å². The van der Waals surface area contributed by atoms with Crippen molar-refractivity contribution in [3.63, 3.8) is 0 Å². The van der Waals surface area contributed by atoms with E-state index in [4.69, 9.17) is 9.15 Å². The summed E-state index contributed by atoms with van der Waals surface area (Å²) in [6.45, 7) is 5.42. The largest absolute Gasteiger partial charge is 0.494 e. The molecular weight excluding hydrogens is 416 g/mol. The van der Waals surface area contributed by atoms with E-state index in [0.717, 1.165) is 12.1 Å². The number of rotatable bonds is 8. The van der Waals surface area contributed by atoms with Crippen molar-refractivity contribution in [3.8, 4) is 17.2 Å². The van der Waals surface area contributed by atoms with Gasteiger partial charge in [0, 0.05) is 44.7 Å². The van der Waals surface area contributed by atoms with E-state index in [0.29, 0.717) is 61.6 Å². The van der Waals surface area contributed by atoms with Crippen LogP contribution in [0.25, 0.3) is 11.5 Å². The Labute approximate surface area is 182 Å². The SMILES string of the molecule is CCOc1ccc(S(=O)(=O)N2CCN(CCc3nnc(-c4ccccc4)o3)CC2)cc1. The number of sulfonamides is 1. The first kappa shape index (κ1) is 21.5. The Hall–Kier alpha value is -2.75. The summed E-state index contributed by atoms with van der Waals surface area (Å²) in [6.07, 6.45) is 0.630. The van der Waals surface area contributed by atoms with Gasteiger partial charge >= 0.3 is 0 Å². The van der Waals surface area contributed by atoms with Crippen molar-refractivity contribution in [2.45, 2.75) is 18.2 Å². The summed E-state index contributed by atoms with van der Waals surface area (Å²) < 4.78 is 38.5. The molecule has 0 unspecified atom stereocenters. The minimum absolute atomic E-state index is 0.295. The van der Waals surface area contributed by atoms with E-state index in [1.54, 1.807) is 28.6 Å². The normalized spacial score (nSPS) is 15.8. The van der Waals surface area contributed by atoms with Crippen molar-refractivity contribution in [3.05, 3.63) is 60.5 Å². The van der Waals surface area contributed by atoms with Gasteiger partial charge in [-0.15, -0.1) is 10.2 Å². The molecule has 164 valence electrons. The van der Waals surface area contributed by atoms with Crippen LogP contribution in [0.3, 0.4) is 0 Å². The number of nitrogens with zero attached hydrogens (tertiary/aromatic N) is 4. The summed E-state index contributed by atoms with van der Waals surface area (Å²) in [5, 5.41) is 8.25. The molecule has 0 radical (unpaired) electrons. The first-order valence-corrected chi connectivity index (χ1v) is 11.8. The summed E-state index contributed by atoms with van der Waals surface area (Å²) in [5.74, 6) is 1.77. The smallest absolute Gasteiger partial charge is 0.247 e. The zero-order valence-electron chi connectivity index (χ0n) is 17.5. The molecule has 0 N–H and O–H groups in total. The number of benzene rings is 2. The summed E-state index contributed by atoms with van der Waals surface area (Å²) >= 11 is 0. The highest BCUT2D eigenvalue weighted by atomic mass is 32.2. The third kappa shape index (κ3) is 5.12. The Kier molecular flexibility index (Phi) is 6.64. The molecule has 0 bridgehead atoms. The molecule has 1 aromatic heterocycles. The predicted octanol–water partition coefficient (Wildman–Crippen LogP) is 2.68. The number of piperazine rings is 1. The summed E-state index contributed by atoms with van der Waals surface area (Å²) in [5.41, 5.74) is 0.898. The summed E-state index contributed by atoms with van der Waals surface area (Å²) in [4.78, 5) is 2.51. The van der Waals surface area contributed by atoms with Crippen LogP contribution in [0, 0.1) is 0 Å². The lowest BCUT2D eigenvalue weighted by atomic mass is 10.2. The molecule has 31 heavy (non-hydrogen) atoms. The Morgan fingerprint density at radius 1 is 0.968 bits per heavy atom. The Morgan fingerprint density at radius 2 is 1.68 bits per heavy atom. The first-order chi connectivity index (χ1) is 15.1. The van der Waals surface area contributed by atoms with E-state index in [-0.39, 0.29) is 0 Å².